The van der Waals surface area contributed by atoms with Gasteiger partial charge >= 0.3 is 6.01 Å². The van der Waals surface area contributed by atoms with E-state index in [-0.39, 0.29) is 0 Å². The Morgan fingerprint density at radius 1 is 1.44 bits per heavy atom. The lowest BCUT2D eigenvalue weighted by Crippen LogP contribution is -2.04. The molecule has 4 nitrogen and oxygen atoms in total. The predicted molar refractivity (Wildman–Crippen MR) is 72.0 cm³/mol. The summed E-state index contributed by atoms with van der Waals surface area (Å²) in [4.78, 5) is 4.22. The van der Waals surface area contributed by atoms with E-state index in [1.807, 2.05) is 12.1 Å². The Morgan fingerprint density at radius 3 is 3.00 bits per heavy atom. The van der Waals surface area contributed by atoms with Gasteiger partial charge < -0.3 is 4.74 Å². The Bertz CT molecular complexity index is 568. The van der Waals surface area contributed by atoms with Crippen molar-refractivity contribution in [3.05, 3.63) is 34.0 Å². The van der Waals surface area contributed by atoms with Gasteiger partial charge in [-0.05, 0) is 52.9 Å². The third-order valence-corrected chi connectivity index (χ3v) is 3.32. The van der Waals surface area contributed by atoms with Gasteiger partial charge in [0.15, 0.2) is 0 Å². The van der Waals surface area contributed by atoms with Crippen LogP contribution in [0.4, 0.5) is 0 Å². The van der Waals surface area contributed by atoms with Crippen molar-refractivity contribution >= 4 is 27.5 Å². The van der Waals surface area contributed by atoms with E-state index in [1.165, 1.54) is 12.8 Å². The highest BCUT2D eigenvalue weighted by molar-refractivity contribution is 9.10. The van der Waals surface area contributed by atoms with E-state index >= 15 is 0 Å². The number of aromatic nitrogens is 3. The number of hydrogen-bond donors (Lipinski definition) is 0. The summed E-state index contributed by atoms with van der Waals surface area (Å²) in [6, 6.07) is 7.74. The molecule has 0 radical (unpaired) electrons. The molecular weight excluding hydrogens is 318 g/mol. The molecule has 1 aliphatic carbocycles. The molecule has 3 rings (SSSR count). The third kappa shape index (κ3) is 2.84. The van der Waals surface area contributed by atoms with Crippen molar-refractivity contribution < 1.29 is 4.74 Å². The summed E-state index contributed by atoms with van der Waals surface area (Å²) in [7, 11) is 0. The monoisotopic (exact) mass is 327 g/mol. The molecule has 1 saturated carbocycles. The summed E-state index contributed by atoms with van der Waals surface area (Å²) < 4.78 is 8.05. The maximum atomic E-state index is 5.92. The van der Waals surface area contributed by atoms with Gasteiger partial charge in [-0.3, -0.25) is 0 Å². The van der Waals surface area contributed by atoms with Crippen LogP contribution in [0.1, 0.15) is 12.8 Å². The smallest absolute Gasteiger partial charge is 0.321 e. The van der Waals surface area contributed by atoms with Gasteiger partial charge in [0.25, 0.3) is 0 Å². The van der Waals surface area contributed by atoms with E-state index in [4.69, 9.17) is 16.3 Å². The molecule has 18 heavy (non-hydrogen) atoms. The van der Waals surface area contributed by atoms with Crippen LogP contribution in [0.3, 0.4) is 0 Å². The molecule has 0 amide bonds. The number of halogens is 2. The fraction of sp³-hybridized carbons (Fsp3) is 0.333. The Hall–Kier alpha value is -1.07. The normalized spacial score (nSPS) is 14.8. The lowest BCUT2D eigenvalue weighted by molar-refractivity contribution is 0.388. The summed E-state index contributed by atoms with van der Waals surface area (Å²) in [6.45, 7) is 0.856. The van der Waals surface area contributed by atoms with Crippen molar-refractivity contribution in [3.63, 3.8) is 0 Å². The quantitative estimate of drug-likeness (QED) is 0.854. The maximum Gasteiger partial charge on any atom is 0.321 e. The van der Waals surface area contributed by atoms with Gasteiger partial charge in [-0.1, -0.05) is 17.7 Å². The predicted octanol–water partition coefficient (Wildman–Crippen LogP) is 3.90. The van der Waals surface area contributed by atoms with Crippen molar-refractivity contribution in [2.45, 2.75) is 19.4 Å². The molecule has 0 saturated heterocycles. The second-order valence-electron chi connectivity index (χ2n) is 4.35. The van der Waals surface area contributed by atoms with Crippen molar-refractivity contribution in [2.24, 2.45) is 5.92 Å². The van der Waals surface area contributed by atoms with Gasteiger partial charge in [-0.25, -0.2) is 4.68 Å². The van der Waals surface area contributed by atoms with Gasteiger partial charge in [0.2, 0.25) is 4.73 Å². The molecule has 1 fully saturated rings. The van der Waals surface area contributed by atoms with E-state index in [9.17, 15) is 0 Å². The first-order valence-corrected chi connectivity index (χ1v) is 6.91. The molecule has 0 N–H and O–H groups in total. The minimum Gasteiger partial charge on any atom is -0.424 e. The van der Waals surface area contributed by atoms with Crippen LogP contribution in [0.25, 0.3) is 0 Å². The lowest BCUT2D eigenvalue weighted by Gasteiger charge is -2.06. The summed E-state index contributed by atoms with van der Waals surface area (Å²) in [5.74, 6) is 1.37. The fourth-order valence-electron chi connectivity index (χ4n) is 1.68. The third-order valence-electron chi connectivity index (χ3n) is 2.75. The van der Waals surface area contributed by atoms with Crippen molar-refractivity contribution in [1.82, 2.24) is 14.8 Å². The minimum absolute atomic E-state index is 0.496. The van der Waals surface area contributed by atoms with Crippen LogP contribution in [0.5, 0.6) is 11.8 Å². The first-order chi connectivity index (χ1) is 8.70. The Balaban J connectivity index is 1.82. The van der Waals surface area contributed by atoms with E-state index in [0.717, 1.165) is 6.54 Å². The molecule has 0 spiro atoms. The second-order valence-corrected chi connectivity index (χ2v) is 5.49. The number of benzene rings is 1. The van der Waals surface area contributed by atoms with Crippen LogP contribution >= 0.6 is 27.5 Å². The van der Waals surface area contributed by atoms with Crippen LogP contribution in [0.2, 0.25) is 5.02 Å². The van der Waals surface area contributed by atoms with Crippen LogP contribution < -0.4 is 4.74 Å². The fourth-order valence-corrected chi connectivity index (χ4v) is 2.20. The highest BCUT2D eigenvalue weighted by atomic mass is 79.9. The Kier molecular flexibility index (Phi) is 3.26. The Morgan fingerprint density at radius 2 is 2.28 bits per heavy atom. The van der Waals surface area contributed by atoms with Crippen molar-refractivity contribution in [2.75, 3.05) is 0 Å². The van der Waals surface area contributed by atoms with Crippen LogP contribution in [-0.2, 0) is 6.54 Å². The van der Waals surface area contributed by atoms with Crippen LogP contribution in [-0.4, -0.2) is 14.8 Å². The molecule has 0 bridgehead atoms. The molecule has 6 heteroatoms. The van der Waals surface area contributed by atoms with Gasteiger partial charge in [0.1, 0.15) is 5.75 Å². The molecule has 0 aliphatic heterocycles. The molecule has 0 unspecified atom stereocenters. The average Bonchev–Trinajstić information content (AvgIpc) is 3.05. The van der Waals surface area contributed by atoms with Gasteiger partial charge in [0.05, 0.1) is 0 Å². The molecule has 1 aliphatic rings. The van der Waals surface area contributed by atoms with Gasteiger partial charge in [0, 0.05) is 11.6 Å². The minimum atomic E-state index is 0.496. The molecule has 2 aromatic rings. The highest BCUT2D eigenvalue weighted by Crippen LogP contribution is 2.32. The number of hydrogen-bond acceptors (Lipinski definition) is 3. The molecule has 1 aromatic heterocycles. The van der Waals surface area contributed by atoms with Crippen LogP contribution in [0.15, 0.2) is 29.0 Å². The average molecular weight is 329 g/mol. The summed E-state index contributed by atoms with van der Waals surface area (Å²) in [6.07, 6.45) is 2.52. The molecule has 94 valence electrons. The highest BCUT2D eigenvalue weighted by Gasteiger charge is 2.24. The van der Waals surface area contributed by atoms with E-state index in [1.54, 1.807) is 16.8 Å². The zero-order chi connectivity index (χ0) is 12.5. The summed E-state index contributed by atoms with van der Waals surface area (Å²) in [5, 5.41) is 4.91. The number of nitrogens with zero attached hydrogens (tertiary/aromatic N) is 3. The maximum absolute atomic E-state index is 5.92. The van der Waals surface area contributed by atoms with Crippen LogP contribution in [0, 0.1) is 5.92 Å². The molecular formula is C12H11BrClN3O. The zero-order valence-electron chi connectivity index (χ0n) is 9.51. The first kappa shape index (κ1) is 12.0. The molecule has 1 heterocycles. The van der Waals surface area contributed by atoms with E-state index in [2.05, 4.69) is 26.0 Å². The van der Waals surface area contributed by atoms with E-state index in [0.29, 0.717) is 27.4 Å². The topological polar surface area (TPSA) is 39.9 Å². The SMILES string of the molecule is Clc1cccc(Oc2nc(Br)nn2CC2CC2)c1. The van der Waals surface area contributed by atoms with Crippen molar-refractivity contribution in [3.8, 4) is 11.8 Å². The summed E-state index contributed by atoms with van der Waals surface area (Å²) >= 11 is 9.19. The van der Waals surface area contributed by atoms with E-state index < -0.39 is 0 Å². The number of ether oxygens (including phenoxy) is 1. The second kappa shape index (κ2) is 4.90. The Labute approximate surface area is 118 Å². The molecule has 0 atom stereocenters. The first-order valence-electron chi connectivity index (χ1n) is 5.74. The standard InChI is InChI=1S/C12H11BrClN3O/c13-11-15-12(17(16-11)7-8-4-5-8)18-10-3-1-2-9(14)6-10/h1-3,6,8H,4-5,7H2. The number of rotatable bonds is 4. The summed E-state index contributed by atoms with van der Waals surface area (Å²) in [5.41, 5.74) is 0. The largest absolute Gasteiger partial charge is 0.424 e. The zero-order valence-corrected chi connectivity index (χ0v) is 11.9. The molecule has 1 aromatic carbocycles. The van der Waals surface area contributed by atoms with Crippen molar-refractivity contribution in [1.29, 1.82) is 0 Å². The van der Waals surface area contributed by atoms with Gasteiger partial charge in [-0.2, -0.15) is 4.98 Å². The van der Waals surface area contributed by atoms with Gasteiger partial charge in [-0.15, -0.1) is 5.10 Å². The lowest BCUT2D eigenvalue weighted by atomic mass is 10.3.